The van der Waals surface area contributed by atoms with Gasteiger partial charge in [0.25, 0.3) is 0 Å². The van der Waals surface area contributed by atoms with E-state index in [-0.39, 0.29) is 6.04 Å². The summed E-state index contributed by atoms with van der Waals surface area (Å²) in [5.41, 5.74) is 6.81. The molecule has 2 N–H and O–H groups in total. The van der Waals surface area contributed by atoms with Crippen LogP contribution >= 0.6 is 0 Å². The highest BCUT2D eigenvalue weighted by atomic mass is 32.2. The van der Waals surface area contributed by atoms with E-state index in [1.54, 1.807) is 13.4 Å². The van der Waals surface area contributed by atoms with Crippen molar-refractivity contribution in [2.24, 2.45) is 5.73 Å². The summed E-state index contributed by atoms with van der Waals surface area (Å²) in [5, 5.41) is 0. The van der Waals surface area contributed by atoms with E-state index in [0.29, 0.717) is 5.75 Å². The highest BCUT2D eigenvalue weighted by molar-refractivity contribution is 7.84. The smallest absolute Gasteiger partial charge is 0.123 e. The van der Waals surface area contributed by atoms with E-state index in [2.05, 4.69) is 0 Å². The number of hydrogen-bond donors (Lipinski definition) is 1. The Morgan fingerprint density at radius 1 is 1.50 bits per heavy atom. The number of ether oxygens (including phenoxy) is 1. The first kappa shape index (κ1) is 11.2. The summed E-state index contributed by atoms with van der Waals surface area (Å²) in [5.74, 6) is 1.21. The largest absolute Gasteiger partial charge is 0.496 e. The van der Waals surface area contributed by atoms with Gasteiger partial charge >= 0.3 is 0 Å². The lowest BCUT2D eigenvalue weighted by Gasteiger charge is -2.13. The van der Waals surface area contributed by atoms with Crippen LogP contribution < -0.4 is 10.5 Å². The molecule has 0 radical (unpaired) electrons. The van der Waals surface area contributed by atoms with Gasteiger partial charge in [-0.1, -0.05) is 18.2 Å². The van der Waals surface area contributed by atoms with Crippen LogP contribution in [0.2, 0.25) is 0 Å². The van der Waals surface area contributed by atoms with Crippen molar-refractivity contribution >= 4 is 10.8 Å². The summed E-state index contributed by atoms with van der Waals surface area (Å²) in [6.45, 7) is 0. The molecule has 0 heterocycles. The standard InChI is InChI=1S/C10H15NO2S/c1-13-10-6-4-3-5-8(10)9(11)7-14(2)12/h3-6,9H,7,11H2,1-2H3. The molecule has 0 aliphatic heterocycles. The predicted molar refractivity (Wildman–Crippen MR) is 58.9 cm³/mol. The number of benzene rings is 1. The lowest BCUT2D eigenvalue weighted by atomic mass is 10.1. The van der Waals surface area contributed by atoms with E-state index >= 15 is 0 Å². The molecule has 0 aliphatic rings. The van der Waals surface area contributed by atoms with Gasteiger partial charge in [-0.05, 0) is 6.07 Å². The van der Waals surface area contributed by atoms with E-state index in [0.717, 1.165) is 11.3 Å². The molecule has 0 amide bonds. The SMILES string of the molecule is COc1ccccc1C(N)CS(C)=O. The number of rotatable bonds is 4. The lowest BCUT2D eigenvalue weighted by Crippen LogP contribution is -2.18. The maximum absolute atomic E-state index is 11.0. The maximum Gasteiger partial charge on any atom is 0.123 e. The molecule has 0 aromatic heterocycles. The Balaban J connectivity index is 2.87. The Hall–Kier alpha value is -0.870. The second-order valence-corrected chi connectivity index (χ2v) is 4.57. The molecule has 1 aromatic carbocycles. The van der Waals surface area contributed by atoms with Crippen molar-refractivity contribution in [2.45, 2.75) is 6.04 Å². The summed E-state index contributed by atoms with van der Waals surface area (Å²) >= 11 is 0. The van der Waals surface area contributed by atoms with Gasteiger partial charge in [0.05, 0.1) is 7.11 Å². The molecular weight excluding hydrogens is 198 g/mol. The fraction of sp³-hybridized carbons (Fsp3) is 0.400. The van der Waals surface area contributed by atoms with Crippen LogP contribution in [-0.4, -0.2) is 23.3 Å². The Morgan fingerprint density at radius 2 is 2.14 bits per heavy atom. The minimum Gasteiger partial charge on any atom is -0.496 e. The van der Waals surface area contributed by atoms with E-state index in [1.165, 1.54) is 0 Å². The van der Waals surface area contributed by atoms with Crippen molar-refractivity contribution in [3.05, 3.63) is 29.8 Å². The first-order valence-electron chi connectivity index (χ1n) is 4.33. The van der Waals surface area contributed by atoms with Crippen molar-refractivity contribution in [2.75, 3.05) is 19.1 Å². The van der Waals surface area contributed by atoms with Crippen LogP contribution in [-0.2, 0) is 10.8 Å². The molecule has 0 bridgehead atoms. The van der Waals surface area contributed by atoms with Crippen LogP contribution in [0.25, 0.3) is 0 Å². The topological polar surface area (TPSA) is 52.3 Å². The number of para-hydroxylation sites is 1. The van der Waals surface area contributed by atoms with Crippen LogP contribution in [0.5, 0.6) is 5.75 Å². The van der Waals surface area contributed by atoms with Gasteiger partial charge in [-0.15, -0.1) is 0 Å². The van der Waals surface area contributed by atoms with Crippen molar-refractivity contribution in [3.63, 3.8) is 0 Å². The molecular formula is C10H15NO2S. The lowest BCUT2D eigenvalue weighted by molar-refractivity contribution is 0.407. The highest BCUT2D eigenvalue weighted by Gasteiger charge is 2.12. The van der Waals surface area contributed by atoms with Crippen LogP contribution in [0.1, 0.15) is 11.6 Å². The van der Waals surface area contributed by atoms with Gasteiger partial charge < -0.3 is 10.5 Å². The summed E-state index contributed by atoms with van der Waals surface area (Å²) in [6.07, 6.45) is 1.65. The maximum atomic E-state index is 11.0. The van der Waals surface area contributed by atoms with Crippen molar-refractivity contribution in [1.29, 1.82) is 0 Å². The third-order valence-corrected chi connectivity index (χ3v) is 2.78. The van der Waals surface area contributed by atoms with Gasteiger partial charge in [-0.2, -0.15) is 0 Å². The van der Waals surface area contributed by atoms with Gasteiger partial charge in [-0.25, -0.2) is 0 Å². The molecule has 0 fully saturated rings. The predicted octanol–water partition coefficient (Wildman–Crippen LogP) is 1.07. The first-order chi connectivity index (χ1) is 6.65. The van der Waals surface area contributed by atoms with E-state index in [1.807, 2.05) is 24.3 Å². The van der Waals surface area contributed by atoms with E-state index < -0.39 is 10.8 Å². The average molecular weight is 213 g/mol. The molecule has 0 saturated heterocycles. The van der Waals surface area contributed by atoms with Crippen molar-refractivity contribution in [1.82, 2.24) is 0 Å². The Bertz CT molecular complexity index is 328. The Labute approximate surface area is 86.7 Å². The molecule has 4 heteroatoms. The Kier molecular flexibility index (Phi) is 4.10. The van der Waals surface area contributed by atoms with Crippen LogP contribution in [0.3, 0.4) is 0 Å². The summed E-state index contributed by atoms with van der Waals surface area (Å²) < 4.78 is 16.2. The van der Waals surface area contributed by atoms with Crippen molar-refractivity contribution in [3.8, 4) is 5.75 Å². The molecule has 78 valence electrons. The van der Waals surface area contributed by atoms with Crippen LogP contribution in [0.15, 0.2) is 24.3 Å². The average Bonchev–Trinajstić information content (AvgIpc) is 2.16. The zero-order valence-electron chi connectivity index (χ0n) is 8.40. The summed E-state index contributed by atoms with van der Waals surface area (Å²) in [6, 6.07) is 7.32. The van der Waals surface area contributed by atoms with E-state index in [9.17, 15) is 4.21 Å². The molecule has 0 aliphatic carbocycles. The van der Waals surface area contributed by atoms with Gasteiger partial charge in [0.1, 0.15) is 5.75 Å². The zero-order valence-corrected chi connectivity index (χ0v) is 9.21. The van der Waals surface area contributed by atoms with Gasteiger partial charge in [0.2, 0.25) is 0 Å². The Morgan fingerprint density at radius 3 is 2.71 bits per heavy atom. The molecule has 0 spiro atoms. The summed E-state index contributed by atoms with van der Waals surface area (Å²) in [7, 11) is 0.719. The molecule has 2 atom stereocenters. The second-order valence-electron chi connectivity index (χ2n) is 3.09. The monoisotopic (exact) mass is 213 g/mol. The molecule has 1 rings (SSSR count). The zero-order chi connectivity index (χ0) is 10.6. The fourth-order valence-electron chi connectivity index (χ4n) is 1.32. The minimum atomic E-state index is -0.887. The minimum absolute atomic E-state index is 0.225. The third-order valence-electron chi connectivity index (χ3n) is 1.95. The third kappa shape index (κ3) is 2.82. The quantitative estimate of drug-likeness (QED) is 0.814. The number of hydrogen-bond acceptors (Lipinski definition) is 3. The number of nitrogens with two attached hydrogens (primary N) is 1. The second kappa shape index (κ2) is 5.12. The van der Waals surface area contributed by atoms with Gasteiger partial charge in [0.15, 0.2) is 0 Å². The molecule has 0 saturated carbocycles. The molecule has 14 heavy (non-hydrogen) atoms. The molecule has 1 aromatic rings. The fourth-order valence-corrected chi connectivity index (χ4v) is 2.00. The van der Waals surface area contributed by atoms with Gasteiger partial charge in [0, 0.05) is 34.4 Å². The molecule has 2 unspecified atom stereocenters. The molecule has 3 nitrogen and oxygen atoms in total. The van der Waals surface area contributed by atoms with Gasteiger partial charge in [-0.3, -0.25) is 4.21 Å². The highest BCUT2D eigenvalue weighted by Crippen LogP contribution is 2.23. The van der Waals surface area contributed by atoms with Crippen LogP contribution in [0, 0.1) is 0 Å². The normalized spacial score (nSPS) is 14.8. The first-order valence-corrected chi connectivity index (χ1v) is 6.06. The van der Waals surface area contributed by atoms with Crippen LogP contribution in [0.4, 0.5) is 0 Å². The number of methoxy groups -OCH3 is 1. The van der Waals surface area contributed by atoms with E-state index in [4.69, 9.17) is 10.5 Å². The van der Waals surface area contributed by atoms with Crippen molar-refractivity contribution < 1.29 is 8.95 Å². The summed E-state index contributed by atoms with van der Waals surface area (Å²) in [4.78, 5) is 0.